The summed E-state index contributed by atoms with van der Waals surface area (Å²) in [5.41, 5.74) is 3.03. The van der Waals surface area contributed by atoms with Gasteiger partial charge in [-0.2, -0.15) is 0 Å². The first kappa shape index (κ1) is 20.0. The van der Waals surface area contributed by atoms with Crippen LogP contribution in [0.4, 0.5) is 11.6 Å². The van der Waals surface area contributed by atoms with Crippen LogP contribution in [-0.2, 0) is 27.4 Å². The molecule has 0 bridgehead atoms. The normalized spacial score (nSPS) is 14.2. The topological polar surface area (TPSA) is 85.7 Å². The van der Waals surface area contributed by atoms with Crippen LogP contribution < -0.4 is 15.8 Å². The smallest absolute Gasteiger partial charge is 0.255 e. The van der Waals surface area contributed by atoms with Gasteiger partial charge in [0.2, 0.25) is 11.9 Å². The van der Waals surface area contributed by atoms with Crippen LogP contribution in [0.15, 0.2) is 29.1 Å². The van der Waals surface area contributed by atoms with E-state index >= 15 is 0 Å². The zero-order valence-electron chi connectivity index (χ0n) is 16.5. The summed E-state index contributed by atoms with van der Waals surface area (Å²) in [5, 5.41) is 2.90. The maximum atomic E-state index is 12.7. The molecule has 1 fully saturated rings. The van der Waals surface area contributed by atoms with Gasteiger partial charge in [0.1, 0.15) is 6.54 Å². The predicted molar refractivity (Wildman–Crippen MR) is 107 cm³/mol. The number of carbonyl (C=O) groups excluding carboxylic acids is 1. The second-order valence-electron chi connectivity index (χ2n) is 6.87. The Morgan fingerprint density at radius 2 is 2.00 bits per heavy atom. The minimum absolute atomic E-state index is 0.112. The maximum absolute atomic E-state index is 12.7. The summed E-state index contributed by atoms with van der Waals surface area (Å²) in [7, 11) is 1.55. The number of rotatable bonds is 6. The van der Waals surface area contributed by atoms with Gasteiger partial charge in [0.05, 0.1) is 25.5 Å². The van der Waals surface area contributed by atoms with E-state index in [1.54, 1.807) is 7.11 Å². The van der Waals surface area contributed by atoms with Crippen LogP contribution in [0.3, 0.4) is 0 Å². The highest BCUT2D eigenvalue weighted by Crippen LogP contribution is 2.17. The minimum atomic E-state index is -0.278. The van der Waals surface area contributed by atoms with Crippen molar-refractivity contribution in [3.8, 4) is 0 Å². The molecule has 1 N–H and O–H groups in total. The molecular formula is C20H26N4O4. The van der Waals surface area contributed by atoms with Gasteiger partial charge in [-0.1, -0.05) is 12.1 Å². The summed E-state index contributed by atoms with van der Waals surface area (Å²) < 4.78 is 11.9. The standard InChI is InChI=1S/C20H26N4O4/c1-14-4-5-15(2)17(10-14)22-18(25)12-24-19(26)11-16(13-27-3)21-20(24)23-6-8-28-9-7-23/h4-5,10-11H,6-9,12-13H2,1-3H3,(H,22,25). The maximum Gasteiger partial charge on any atom is 0.255 e. The highest BCUT2D eigenvalue weighted by molar-refractivity contribution is 5.91. The number of carbonyl (C=O) groups is 1. The Balaban J connectivity index is 1.88. The van der Waals surface area contributed by atoms with Crippen molar-refractivity contribution in [2.24, 2.45) is 0 Å². The first-order valence-corrected chi connectivity index (χ1v) is 9.27. The Labute approximate surface area is 164 Å². The average molecular weight is 386 g/mol. The number of hydrogen-bond donors (Lipinski definition) is 1. The predicted octanol–water partition coefficient (Wildman–Crippen LogP) is 1.48. The third-order valence-corrected chi connectivity index (χ3v) is 4.60. The van der Waals surface area contributed by atoms with Crippen molar-refractivity contribution in [3.63, 3.8) is 0 Å². The number of aromatic nitrogens is 2. The number of nitrogens with one attached hydrogen (secondary N) is 1. The summed E-state index contributed by atoms with van der Waals surface area (Å²) >= 11 is 0. The average Bonchev–Trinajstić information content (AvgIpc) is 2.67. The number of ether oxygens (including phenoxy) is 2. The number of amides is 1. The van der Waals surface area contributed by atoms with Gasteiger partial charge in [0.15, 0.2) is 0 Å². The summed E-state index contributed by atoms with van der Waals surface area (Å²) in [6, 6.07) is 7.28. The van der Waals surface area contributed by atoms with Gasteiger partial charge in [0.25, 0.3) is 5.56 Å². The lowest BCUT2D eigenvalue weighted by Gasteiger charge is -2.29. The van der Waals surface area contributed by atoms with Crippen molar-refractivity contribution in [1.29, 1.82) is 0 Å². The van der Waals surface area contributed by atoms with Gasteiger partial charge in [-0.25, -0.2) is 4.98 Å². The van der Waals surface area contributed by atoms with Crippen LogP contribution in [0.1, 0.15) is 16.8 Å². The number of hydrogen-bond acceptors (Lipinski definition) is 6. The van der Waals surface area contributed by atoms with Crippen LogP contribution in [0.25, 0.3) is 0 Å². The first-order valence-electron chi connectivity index (χ1n) is 9.27. The molecule has 3 rings (SSSR count). The fraction of sp³-hybridized carbons (Fsp3) is 0.450. The molecule has 8 nitrogen and oxygen atoms in total. The summed E-state index contributed by atoms with van der Waals surface area (Å²) in [5.74, 6) is 0.200. The molecule has 1 aromatic carbocycles. The Morgan fingerprint density at radius 3 is 2.71 bits per heavy atom. The molecule has 1 aliphatic heterocycles. The van der Waals surface area contributed by atoms with Gasteiger partial charge in [-0.3, -0.25) is 14.2 Å². The highest BCUT2D eigenvalue weighted by atomic mass is 16.5. The molecule has 1 aromatic heterocycles. The molecule has 0 unspecified atom stereocenters. The highest BCUT2D eigenvalue weighted by Gasteiger charge is 2.20. The monoisotopic (exact) mass is 386 g/mol. The molecule has 1 saturated heterocycles. The van der Waals surface area contributed by atoms with E-state index in [2.05, 4.69) is 10.3 Å². The molecule has 0 saturated carbocycles. The van der Waals surface area contributed by atoms with E-state index in [4.69, 9.17) is 9.47 Å². The van der Waals surface area contributed by atoms with E-state index in [0.717, 1.165) is 16.8 Å². The van der Waals surface area contributed by atoms with Gasteiger partial charge in [-0.05, 0) is 31.0 Å². The number of nitrogens with zero attached hydrogens (tertiary/aromatic N) is 3. The van der Waals surface area contributed by atoms with Crippen LogP contribution in [0, 0.1) is 13.8 Å². The quantitative estimate of drug-likeness (QED) is 0.809. The van der Waals surface area contributed by atoms with Crippen LogP contribution in [-0.4, -0.2) is 48.9 Å². The number of morpholine rings is 1. The summed E-state index contributed by atoms with van der Waals surface area (Å²) in [4.78, 5) is 31.9. The molecule has 8 heteroatoms. The first-order chi connectivity index (χ1) is 13.5. The lowest BCUT2D eigenvalue weighted by Crippen LogP contribution is -2.42. The SMILES string of the molecule is COCc1cc(=O)n(CC(=O)Nc2cc(C)ccc2C)c(N2CCOCC2)n1. The van der Waals surface area contributed by atoms with Crippen LogP contribution in [0.5, 0.6) is 0 Å². The zero-order valence-corrected chi connectivity index (χ0v) is 16.5. The molecule has 150 valence electrons. The van der Waals surface area contributed by atoms with E-state index in [1.165, 1.54) is 10.6 Å². The van der Waals surface area contributed by atoms with Crippen LogP contribution in [0.2, 0.25) is 0 Å². The van der Waals surface area contributed by atoms with Gasteiger partial charge < -0.3 is 19.7 Å². The molecular weight excluding hydrogens is 360 g/mol. The molecule has 0 atom stereocenters. The van der Waals surface area contributed by atoms with Crippen molar-refractivity contribution >= 4 is 17.5 Å². The van der Waals surface area contributed by atoms with Gasteiger partial charge in [-0.15, -0.1) is 0 Å². The van der Waals surface area contributed by atoms with Crippen molar-refractivity contribution in [1.82, 2.24) is 9.55 Å². The third-order valence-electron chi connectivity index (χ3n) is 4.60. The van der Waals surface area contributed by atoms with E-state index in [-0.39, 0.29) is 24.6 Å². The largest absolute Gasteiger partial charge is 0.378 e. The van der Waals surface area contributed by atoms with E-state index < -0.39 is 0 Å². The van der Waals surface area contributed by atoms with Crippen molar-refractivity contribution < 1.29 is 14.3 Å². The third kappa shape index (κ3) is 4.76. The fourth-order valence-electron chi connectivity index (χ4n) is 3.12. The number of benzene rings is 1. The van der Waals surface area contributed by atoms with E-state index in [9.17, 15) is 9.59 Å². The Hall–Kier alpha value is -2.71. The molecule has 0 aliphatic carbocycles. The Bertz CT molecular complexity index is 904. The molecule has 0 spiro atoms. The molecule has 2 heterocycles. The lowest BCUT2D eigenvalue weighted by atomic mass is 10.1. The van der Waals surface area contributed by atoms with E-state index in [0.29, 0.717) is 37.9 Å². The lowest BCUT2D eigenvalue weighted by molar-refractivity contribution is -0.116. The molecule has 0 radical (unpaired) electrons. The van der Waals surface area contributed by atoms with Crippen molar-refractivity contribution in [2.45, 2.75) is 27.0 Å². The summed E-state index contributed by atoms with van der Waals surface area (Å²) in [6.45, 7) is 6.36. The molecule has 28 heavy (non-hydrogen) atoms. The van der Waals surface area contributed by atoms with Crippen LogP contribution >= 0.6 is 0 Å². The number of aryl methyl sites for hydroxylation is 2. The van der Waals surface area contributed by atoms with Crippen molar-refractivity contribution in [3.05, 3.63) is 51.4 Å². The molecule has 1 aliphatic rings. The molecule has 2 aromatic rings. The Morgan fingerprint density at radius 1 is 1.25 bits per heavy atom. The Kier molecular flexibility index (Phi) is 6.43. The summed E-state index contributed by atoms with van der Waals surface area (Å²) in [6.07, 6.45) is 0. The van der Waals surface area contributed by atoms with Gasteiger partial charge in [0, 0.05) is 32.0 Å². The van der Waals surface area contributed by atoms with Gasteiger partial charge >= 0.3 is 0 Å². The van der Waals surface area contributed by atoms with E-state index in [1.807, 2.05) is 36.9 Å². The molecule has 1 amide bonds. The fourth-order valence-corrected chi connectivity index (χ4v) is 3.12. The number of anilines is 2. The zero-order chi connectivity index (χ0) is 20.1. The second kappa shape index (κ2) is 8.99. The van der Waals surface area contributed by atoms with Crippen molar-refractivity contribution in [2.75, 3.05) is 43.6 Å². The second-order valence-corrected chi connectivity index (χ2v) is 6.87. The number of methoxy groups -OCH3 is 1. The minimum Gasteiger partial charge on any atom is -0.378 e.